The van der Waals surface area contributed by atoms with Gasteiger partial charge >= 0.3 is 0 Å². The van der Waals surface area contributed by atoms with Crippen molar-refractivity contribution in [1.29, 1.82) is 0 Å². The molecule has 204 valence electrons. The van der Waals surface area contributed by atoms with Crippen molar-refractivity contribution >= 4 is 29.1 Å². The van der Waals surface area contributed by atoms with Gasteiger partial charge < -0.3 is 20.5 Å². The zero-order valence-corrected chi connectivity index (χ0v) is 22.2. The van der Waals surface area contributed by atoms with Gasteiger partial charge in [-0.15, -0.1) is 0 Å². The number of rotatable bonds is 7. The highest BCUT2D eigenvalue weighted by Gasteiger charge is 2.34. The van der Waals surface area contributed by atoms with E-state index in [-0.39, 0.29) is 42.2 Å². The molecule has 2 aromatic carbocycles. The van der Waals surface area contributed by atoms with Crippen LogP contribution in [0.25, 0.3) is 0 Å². The minimum Gasteiger partial charge on any atom is -0.357 e. The van der Waals surface area contributed by atoms with Crippen LogP contribution in [0.2, 0.25) is 0 Å². The second kappa shape index (κ2) is 11.0. The first-order valence-electron chi connectivity index (χ1n) is 12.9. The Hall–Kier alpha value is -4.99. The highest BCUT2D eigenvalue weighted by atomic mass is 19.1. The molecule has 1 aliphatic heterocycles. The molecule has 1 atom stereocenters. The standard InChI is InChI=1S/C30H29FN6O3/c1-4-26(38)34-25-14-20(10-11-23(25)31)16-37-28-19(3)15-36(30(40)24-9-6-12-32-24)17-22(28)27(35-37)29(39)33-21-8-5-7-18(2)13-21/h4-14,19,32H,1,15-17H2,2-3H3,(H,33,39)(H,34,38). The smallest absolute Gasteiger partial charge is 0.276 e. The minimum atomic E-state index is -0.577. The number of hydrogen-bond donors (Lipinski definition) is 3. The molecule has 5 rings (SSSR count). The number of aryl methyl sites for hydroxylation is 1. The Morgan fingerprint density at radius 3 is 2.70 bits per heavy atom. The number of aromatic amines is 1. The van der Waals surface area contributed by atoms with E-state index in [4.69, 9.17) is 5.10 Å². The Morgan fingerprint density at radius 1 is 1.15 bits per heavy atom. The number of H-pyrrole nitrogens is 1. The number of aromatic nitrogens is 3. The molecule has 1 aliphatic rings. The van der Waals surface area contributed by atoms with Crippen LogP contribution in [0.15, 0.2) is 73.4 Å². The van der Waals surface area contributed by atoms with Gasteiger partial charge in [-0.25, -0.2) is 4.39 Å². The summed E-state index contributed by atoms with van der Waals surface area (Å²) in [6.07, 6.45) is 2.76. The number of carbonyl (C=O) groups excluding carboxylic acids is 3. The molecule has 4 aromatic rings. The Labute approximate surface area is 230 Å². The van der Waals surface area contributed by atoms with Crippen molar-refractivity contribution in [1.82, 2.24) is 19.7 Å². The van der Waals surface area contributed by atoms with Crippen LogP contribution in [0.5, 0.6) is 0 Å². The van der Waals surface area contributed by atoms with Crippen LogP contribution in [-0.4, -0.2) is 43.9 Å². The maximum Gasteiger partial charge on any atom is 0.276 e. The first-order valence-corrected chi connectivity index (χ1v) is 12.9. The lowest BCUT2D eigenvalue weighted by Gasteiger charge is -2.32. The number of amides is 3. The van der Waals surface area contributed by atoms with Gasteiger partial charge in [0.05, 0.1) is 18.8 Å². The Balaban J connectivity index is 1.52. The fourth-order valence-electron chi connectivity index (χ4n) is 5.02. The average Bonchev–Trinajstić information content (AvgIpc) is 3.59. The van der Waals surface area contributed by atoms with Crippen molar-refractivity contribution in [3.63, 3.8) is 0 Å². The molecule has 0 spiro atoms. The van der Waals surface area contributed by atoms with E-state index in [0.717, 1.165) is 17.3 Å². The Kier molecular flexibility index (Phi) is 7.33. The van der Waals surface area contributed by atoms with Crippen LogP contribution in [0.4, 0.5) is 15.8 Å². The highest BCUT2D eigenvalue weighted by molar-refractivity contribution is 6.04. The first-order chi connectivity index (χ1) is 19.2. The second-order valence-corrected chi connectivity index (χ2v) is 9.87. The third-order valence-corrected chi connectivity index (χ3v) is 6.82. The normalized spacial score (nSPS) is 14.4. The van der Waals surface area contributed by atoms with Crippen molar-refractivity contribution in [2.24, 2.45) is 0 Å². The number of carbonyl (C=O) groups is 3. The second-order valence-electron chi connectivity index (χ2n) is 9.87. The maximum absolute atomic E-state index is 14.4. The van der Waals surface area contributed by atoms with Crippen molar-refractivity contribution < 1.29 is 18.8 Å². The summed E-state index contributed by atoms with van der Waals surface area (Å²) in [6.45, 7) is 8.19. The molecule has 9 nitrogen and oxygen atoms in total. The number of nitrogens with one attached hydrogen (secondary N) is 3. The zero-order valence-electron chi connectivity index (χ0n) is 22.2. The topological polar surface area (TPSA) is 112 Å². The number of nitrogens with zero attached hydrogens (tertiary/aromatic N) is 3. The van der Waals surface area contributed by atoms with Gasteiger partial charge in [0.15, 0.2) is 5.69 Å². The largest absolute Gasteiger partial charge is 0.357 e. The lowest BCUT2D eigenvalue weighted by Crippen LogP contribution is -2.38. The Morgan fingerprint density at radius 2 is 1.98 bits per heavy atom. The fourth-order valence-corrected chi connectivity index (χ4v) is 5.02. The molecule has 3 heterocycles. The van der Waals surface area contributed by atoms with E-state index < -0.39 is 11.7 Å². The number of benzene rings is 2. The SMILES string of the molecule is C=CC(=O)Nc1cc(Cn2nc(C(=O)Nc3cccc(C)c3)c3c2C(C)CN(C(=O)c2ccc[nH]2)C3)ccc1F. The third-order valence-electron chi connectivity index (χ3n) is 6.82. The molecule has 0 saturated heterocycles. The summed E-state index contributed by atoms with van der Waals surface area (Å²) in [4.78, 5) is 43.1. The molecule has 2 aromatic heterocycles. The van der Waals surface area contributed by atoms with Gasteiger partial charge in [0, 0.05) is 35.6 Å². The van der Waals surface area contributed by atoms with Crippen LogP contribution < -0.4 is 10.6 Å². The zero-order chi connectivity index (χ0) is 28.4. The lowest BCUT2D eigenvalue weighted by atomic mass is 9.95. The molecular formula is C30H29FN6O3. The predicted octanol–water partition coefficient (Wildman–Crippen LogP) is 4.84. The molecule has 0 saturated carbocycles. The highest BCUT2D eigenvalue weighted by Crippen LogP contribution is 2.32. The summed E-state index contributed by atoms with van der Waals surface area (Å²) in [5, 5.41) is 10.1. The van der Waals surface area contributed by atoms with Gasteiger partial charge in [-0.3, -0.25) is 19.1 Å². The van der Waals surface area contributed by atoms with E-state index in [0.29, 0.717) is 29.1 Å². The average molecular weight is 541 g/mol. The van der Waals surface area contributed by atoms with Crippen molar-refractivity contribution in [3.8, 4) is 0 Å². The minimum absolute atomic E-state index is 0.0246. The van der Waals surface area contributed by atoms with Crippen LogP contribution in [0.3, 0.4) is 0 Å². The van der Waals surface area contributed by atoms with Gasteiger partial charge in [0.2, 0.25) is 5.91 Å². The van der Waals surface area contributed by atoms with Crippen LogP contribution in [0, 0.1) is 12.7 Å². The van der Waals surface area contributed by atoms with Gasteiger partial charge in [0.25, 0.3) is 11.8 Å². The molecule has 3 amide bonds. The van der Waals surface area contributed by atoms with E-state index in [2.05, 4.69) is 22.2 Å². The molecular weight excluding hydrogens is 511 g/mol. The van der Waals surface area contributed by atoms with E-state index in [9.17, 15) is 18.8 Å². The number of halogens is 1. The summed E-state index contributed by atoms with van der Waals surface area (Å²) < 4.78 is 16.1. The molecule has 0 fully saturated rings. The molecule has 40 heavy (non-hydrogen) atoms. The van der Waals surface area contributed by atoms with Crippen LogP contribution in [0.1, 0.15) is 56.2 Å². The first kappa shape index (κ1) is 26.6. The lowest BCUT2D eigenvalue weighted by molar-refractivity contribution is -0.111. The number of anilines is 2. The summed E-state index contributed by atoms with van der Waals surface area (Å²) in [6, 6.07) is 15.4. The predicted molar refractivity (Wildman–Crippen MR) is 150 cm³/mol. The van der Waals surface area contributed by atoms with Crippen molar-refractivity contribution in [2.45, 2.75) is 32.9 Å². The fraction of sp³-hybridized carbons (Fsp3) is 0.200. The Bertz CT molecular complexity index is 1610. The molecule has 10 heteroatoms. The monoisotopic (exact) mass is 540 g/mol. The van der Waals surface area contributed by atoms with E-state index >= 15 is 0 Å². The quantitative estimate of drug-likeness (QED) is 0.291. The summed E-state index contributed by atoms with van der Waals surface area (Å²) in [5.41, 5.74) is 4.50. The van der Waals surface area contributed by atoms with Gasteiger partial charge in [-0.1, -0.05) is 31.7 Å². The van der Waals surface area contributed by atoms with Crippen LogP contribution in [-0.2, 0) is 17.9 Å². The number of hydrogen-bond acceptors (Lipinski definition) is 4. The summed E-state index contributed by atoms with van der Waals surface area (Å²) >= 11 is 0. The number of fused-ring (bicyclic) bond motifs is 1. The van der Waals surface area contributed by atoms with E-state index in [1.165, 1.54) is 12.1 Å². The van der Waals surface area contributed by atoms with Crippen molar-refractivity contribution in [3.05, 3.63) is 113 Å². The molecule has 0 aliphatic carbocycles. The molecule has 1 unspecified atom stereocenters. The van der Waals surface area contributed by atoms with E-state index in [1.54, 1.807) is 40.0 Å². The maximum atomic E-state index is 14.4. The molecule has 0 bridgehead atoms. The summed E-state index contributed by atoms with van der Waals surface area (Å²) in [5.74, 6) is -1.80. The molecule has 0 radical (unpaired) electrons. The van der Waals surface area contributed by atoms with Crippen molar-refractivity contribution in [2.75, 3.05) is 17.2 Å². The summed E-state index contributed by atoms with van der Waals surface area (Å²) in [7, 11) is 0. The van der Waals surface area contributed by atoms with Gasteiger partial charge in [-0.05, 0) is 60.5 Å². The third kappa shape index (κ3) is 5.42. The van der Waals surface area contributed by atoms with Gasteiger partial charge in [-0.2, -0.15) is 5.10 Å². The van der Waals surface area contributed by atoms with E-state index in [1.807, 2.05) is 32.0 Å². The molecule has 3 N–H and O–H groups in total. The van der Waals surface area contributed by atoms with Gasteiger partial charge in [0.1, 0.15) is 11.5 Å². The van der Waals surface area contributed by atoms with Crippen LogP contribution >= 0.6 is 0 Å².